The quantitative estimate of drug-likeness (QED) is 0.694. The van der Waals surface area contributed by atoms with E-state index in [0.29, 0.717) is 31.4 Å². The van der Waals surface area contributed by atoms with Gasteiger partial charge in [-0.1, -0.05) is 0 Å². The smallest absolute Gasteiger partial charge is 0.158 e. The van der Waals surface area contributed by atoms with Crippen molar-refractivity contribution in [1.82, 2.24) is 9.97 Å². The molecule has 0 aromatic carbocycles. The molecule has 0 radical (unpaired) electrons. The standard InChI is InChI=1S/C12H22N4O3/c1-13-10-5-12(15-11(14-10)8-19-4)16(2)6-9(17)7-18-3/h5,9,17H,6-8H2,1-4H3,(H,13,14,15). The van der Waals surface area contributed by atoms with Crippen molar-refractivity contribution in [3.05, 3.63) is 11.9 Å². The van der Waals surface area contributed by atoms with E-state index in [-0.39, 0.29) is 0 Å². The molecule has 1 aromatic rings. The van der Waals surface area contributed by atoms with Crippen molar-refractivity contribution in [1.29, 1.82) is 0 Å². The molecule has 0 amide bonds. The summed E-state index contributed by atoms with van der Waals surface area (Å²) in [6.07, 6.45) is -0.561. The molecule has 1 heterocycles. The summed E-state index contributed by atoms with van der Waals surface area (Å²) in [5.74, 6) is 2.03. The van der Waals surface area contributed by atoms with Gasteiger partial charge in [0.1, 0.15) is 18.2 Å². The molecule has 0 spiro atoms. The Kier molecular flexibility index (Phi) is 6.48. The van der Waals surface area contributed by atoms with Gasteiger partial charge in [0.05, 0.1) is 12.7 Å². The minimum atomic E-state index is -0.561. The van der Waals surface area contributed by atoms with Crippen LogP contribution in [0.2, 0.25) is 0 Å². The summed E-state index contributed by atoms with van der Waals surface area (Å²) in [5, 5.41) is 12.7. The van der Waals surface area contributed by atoms with E-state index in [0.717, 1.165) is 5.82 Å². The van der Waals surface area contributed by atoms with Crippen LogP contribution in [0.1, 0.15) is 5.82 Å². The minimum Gasteiger partial charge on any atom is -0.389 e. The normalized spacial score (nSPS) is 12.3. The lowest BCUT2D eigenvalue weighted by Crippen LogP contribution is -2.32. The number of anilines is 2. The molecule has 0 aliphatic rings. The molecule has 0 aliphatic carbocycles. The number of likely N-dealkylation sites (N-methyl/N-ethyl adjacent to an activating group) is 1. The van der Waals surface area contributed by atoms with E-state index < -0.39 is 6.10 Å². The minimum absolute atomic E-state index is 0.291. The van der Waals surface area contributed by atoms with E-state index in [1.165, 1.54) is 0 Å². The summed E-state index contributed by atoms with van der Waals surface area (Å²) in [6.45, 7) is 1.07. The highest BCUT2D eigenvalue weighted by Gasteiger charge is 2.12. The Balaban J connectivity index is 2.82. The van der Waals surface area contributed by atoms with Crippen LogP contribution in [0, 0.1) is 0 Å². The highest BCUT2D eigenvalue weighted by molar-refractivity contribution is 5.48. The lowest BCUT2D eigenvalue weighted by molar-refractivity contribution is 0.0694. The molecule has 0 fully saturated rings. The molecule has 108 valence electrons. The van der Waals surface area contributed by atoms with E-state index in [2.05, 4.69) is 15.3 Å². The largest absolute Gasteiger partial charge is 0.389 e. The Morgan fingerprint density at radius 1 is 1.37 bits per heavy atom. The third kappa shape index (κ3) is 4.98. The molecular weight excluding hydrogens is 248 g/mol. The van der Waals surface area contributed by atoms with Crippen LogP contribution < -0.4 is 10.2 Å². The Bertz CT molecular complexity index is 389. The van der Waals surface area contributed by atoms with Gasteiger partial charge in [0.25, 0.3) is 0 Å². The number of hydrogen-bond acceptors (Lipinski definition) is 7. The zero-order valence-corrected chi connectivity index (χ0v) is 11.9. The first-order valence-corrected chi connectivity index (χ1v) is 6.03. The molecule has 0 saturated heterocycles. The monoisotopic (exact) mass is 270 g/mol. The van der Waals surface area contributed by atoms with Crippen LogP contribution in [-0.2, 0) is 16.1 Å². The van der Waals surface area contributed by atoms with E-state index >= 15 is 0 Å². The van der Waals surface area contributed by atoms with Crippen LogP contribution in [0.4, 0.5) is 11.6 Å². The Morgan fingerprint density at radius 2 is 2.11 bits per heavy atom. The Hall–Kier alpha value is -1.44. The Labute approximate surface area is 113 Å². The van der Waals surface area contributed by atoms with Crippen molar-refractivity contribution in [2.45, 2.75) is 12.7 Å². The van der Waals surface area contributed by atoms with Gasteiger partial charge in [0.2, 0.25) is 0 Å². The molecule has 19 heavy (non-hydrogen) atoms. The van der Waals surface area contributed by atoms with Gasteiger partial charge in [-0.05, 0) is 0 Å². The summed E-state index contributed by atoms with van der Waals surface area (Å²) in [5.41, 5.74) is 0. The fourth-order valence-corrected chi connectivity index (χ4v) is 1.66. The lowest BCUT2D eigenvalue weighted by Gasteiger charge is -2.22. The van der Waals surface area contributed by atoms with Gasteiger partial charge in [-0.25, -0.2) is 9.97 Å². The molecule has 0 bridgehead atoms. The molecular formula is C12H22N4O3. The zero-order chi connectivity index (χ0) is 14.3. The summed E-state index contributed by atoms with van der Waals surface area (Å²) < 4.78 is 9.95. The van der Waals surface area contributed by atoms with Crippen molar-refractivity contribution in [2.24, 2.45) is 0 Å². The van der Waals surface area contributed by atoms with E-state index in [4.69, 9.17) is 9.47 Å². The van der Waals surface area contributed by atoms with Gasteiger partial charge < -0.3 is 24.8 Å². The fraction of sp³-hybridized carbons (Fsp3) is 0.667. The molecule has 1 unspecified atom stereocenters. The molecule has 1 aromatic heterocycles. The predicted octanol–water partition coefficient (Wildman–Crippen LogP) is 0.108. The van der Waals surface area contributed by atoms with Crippen molar-refractivity contribution < 1.29 is 14.6 Å². The average Bonchev–Trinajstić information content (AvgIpc) is 2.38. The average molecular weight is 270 g/mol. The summed E-state index contributed by atoms with van der Waals surface area (Å²) in [4.78, 5) is 10.5. The molecule has 0 aliphatic heterocycles. The maximum Gasteiger partial charge on any atom is 0.158 e. The number of aliphatic hydroxyl groups excluding tert-OH is 1. The topological polar surface area (TPSA) is 79.7 Å². The van der Waals surface area contributed by atoms with Crippen LogP contribution >= 0.6 is 0 Å². The van der Waals surface area contributed by atoms with E-state index in [1.807, 2.05) is 18.0 Å². The zero-order valence-electron chi connectivity index (χ0n) is 11.9. The van der Waals surface area contributed by atoms with Crippen LogP contribution in [0.25, 0.3) is 0 Å². The first-order valence-electron chi connectivity index (χ1n) is 6.03. The van der Waals surface area contributed by atoms with Crippen molar-refractivity contribution in [3.8, 4) is 0 Å². The molecule has 1 rings (SSSR count). The maximum atomic E-state index is 9.73. The van der Waals surface area contributed by atoms with E-state index in [1.54, 1.807) is 21.3 Å². The predicted molar refractivity (Wildman–Crippen MR) is 73.4 cm³/mol. The van der Waals surface area contributed by atoms with Gasteiger partial charge in [0.15, 0.2) is 5.82 Å². The van der Waals surface area contributed by atoms with Crippen molar-refractivity contribution in [2.75, 3.05) is 51.7 Å². The summed E-state index contributed by atoms with van der Waals surface area (Å²) >= 11 is 0. The number of rotatable bonds is 8. The number of ether oxygens (including phenoxy) is 2. The molecule has 1 atom stereocenters. The third-order valence-electron chi connectivity index (χ3n) is 2.52. The number of methoxy groups -OCH3 is 2. The number of aromatic nitrogens is 2. The fourth-order valence-electron chi connectivity index (χ4n) is 1.66. The SMILES string of the molecule is CNc1cc(N(C)CC(O)COC)nc(COC)n1. The van der Waals surface area contributed by atoms with Gasteiger partial charge in [0, 0.05) is 40.9 Å². The highest BCUT2D eigenvalue weighted by Crippen LogP contribution is 2.15. The first-order chi connectivity index (χ1) is 9.10. The van der Waals surface area contributed by atoms with E-state index in [9.17, 15) is 5.11 Å². The molecule has 2 N–H and O–H groups in total. The van der Waals surface area contributed by atoms with Gasteiger partial charge in [-0.15, -0.1) is 0 Å². The number of nitrogens with zero attached hydrogens (tertiary/aromatic N) is 3. The number of aliphatic hydroxyl groups is 1. The highest BCUT2D eigenvalue weighted by atomic mass is 16.5. The van der Waals surface area contributed by atoms with Crippen LogP contribution in [0.3, 0.4) is 0 Å². The lowest BCUT2D eigenvalue weighted by atomic mass is 10.3. The van der Waals surface area contributed by atoms with Crippen LogP contribution in [-0.4, -0.2) is 62.6 Å². The first kappa shape index (κ1) is 15.6. The second kappa shape index (κ2) is 7.88. The second-order valence-corrected chi connectivity index (χ2v) is 4.20. The van der Waals surface area contributed by atoms with Gasteiger partial charge >= 0.3 is 0 Å². The van der Waals surface area contributed by atoms with Crippen molar-refractivity contribution in [3.63, 3.8) is 0 Å². The van der Waals surface area contributed by atoms with Crippen molar-refractivity contribution >= 4 is 11.6 Å². The molecule has 7 nitrogen and oxygen atoms in total. The summed E-state index contributed by atoms with van der Waals surface area (Å²) in [6, 6.07) is 1.82. The molecule has 7 heteroatoms. The Morgan fingerprint density at radius 3 is 2.68 bits per heavy atom. The number of hydrogen-bond donors (Lipinski definition) is 2. The molecule has 0 saturated carbocycles. The third-order valence-corrected chi connectivity index (χ3v) is 2.52. The second-order valence-electron chi connectivity index (χ2n) is 4.20. The summed E-state index contributed by atoms with van der Waals surface area (Å²) in [7, 11) is 6.81. The van der Waals surface area contributed by atoms with Gasteiger partial charge in [-0.2, -0.15) is 0 Å². The van der Waals surface area contributed by atoms with Crippen LogP contribution in [0.15, 0.2) is 6.07 Å². The van der Waals surface area contributed by atoms with Crippen LogP contribution in [0.5, 0.6) is 0 Å². The van der Waals surface area contributed by atoms with Gasteiger partial charge in [-0.3, -0.25) is 0 Å². The maximum absolute atomic E-state index is 9.73. The number of nitrogens with one attached hydrogen (secondary N) is 1.